The molecular weight excluding hydrogens is 230 g/mol. The van der Waals surface area contributed by atoms with Gasteiger partial charge in [0, 0.05) is 26.1 Å². The van der Waals surface area contributed by atoms with Crippen molar-refractivity contribution in [1.82, 2.24) is 14.7 Å². The number of aliphatic hydroxyl groups is 1. The molecular formula is C13H21N3O2. The number of hydrogen-bond donors (Lipinski definition) is 1. The third-order valence-corrected chi connectivity index (χ3v) is 3.71. The summed E-state index contributed by atoms with van der Waals surface area (Å²) >= 11 is 0. The molecule has 0 saturated carbocycles. The first kappa shape index (κ1) is 13.1. The van der Waals surface area contributed by atoms with Crippen molar-refractivity contribution in [2.75, 3.05) is 13.1 Å². The van der Waals surface area contributed by atoms with Gasteiger partial charge >= 0.3 is 0 Å². The minimum atomic E-state index is -0.347. The Morgan fingerprint density at radius 2 is 2.39 bits per heavy atom. The molecule has 1 aromatic heterocycles. The van der Waals surface area contributed by atoms with E-state index >= 15 is 0 Å². The summed E-state index contributed by atoms with van der Waals surface area (Å²) in [5.74, 6) is 0.223. The van der Waals surface area contributed by atoms with Crippen LogP contribution < -0.4 is 0 Å². The summed E-state index contributed by atoms with van der Waals surface area (Å²) in [5, 5.41) is 13.9. The predicted octanol–water partition coefficient (Wildman–Crippen LogP) is 0.825. The van der Waals surface area contributed by atoms with Crippen LogP contribution >= 0.6 is 0 Å². The number of carbonyl (C=O) groups is 1. The van der Waals surface area contributed by atoms with Crippen LogP contribution in [0.5, 0.6) is 0 Å². The van der Waals surface area contributed by atoms with Crippen LogP contribution in [0, 0.1) is 5.92 Å². The van der Waals surface area contributed by atoms with Gasteiger partial charge in [0.2, 0.25) is 0 Å². The molecule has 2 heterocycles. The highest BCUT2D eigenvalue weighted by molar-refractivity contribution is 5.92. The lowest BCUT2D eigenvalue weighted by molar-refractivity contribution is 0.0752. The van der Waals surface area contributed by atoms with Gasteiger partial charge in [-0.05, 0) is 25.8 Å². The highest BCUT2D eigenvalue weighted by Gasteiger charge is 2.30. The smallest absolute Gasteiger partial charge is 0.272 e. The number of aromatic nitrogens is 2. The minimum absolute atomic E-state index is 0.0212. The average molecular weight is 251 g/mol. The number of carbonyl (C=O) groups excluding carboxylic acids is 1. The average Bonchev–Trinajstić information content (AvgIpc) is 2.94. The molecule has 0 radical (unpaired) electrons. The molecule has 18 heavy (non-hydrogen) atoms. The maximum atomic E-state index is 12.3. The van der Waals surface area contributed by atoms with E-state index in [0.29, 0.717) is 12.2 Å². The first-order valence-electron chi connectivity index (χ1n) is 6.53. The fourth-order valence-corrected chi connectivity index (χ4v) is 2.43. The summed E-state index contributed by atoms with van der Waals surface area (Å²) < 4.78 is 1.65. The molecule has 2 unspecified atom stereocenters. The van der Waals surface area contributed by atoms with Gasteiger partial charge in [0.25, 0.3) is 5.91 Å². The molecule has 0 bridgehead atoms. The van der Waals surface area contributed by atoms with Crippen molar-refractivity contribution < 1.29 is 9.90 Å². The monoisotopic (exact) mass is 251 g/mol. The number of rotatable bonds is 3. The summed E-state index contributed by atoms with van der Waals surface area (Å²) in [4.78, 5) is 14.2. The number of likely N-dealkylation sites (tertiary alicyclic amines) is 1. The van der Waals surface area contributed by atoms with Gasteiger partial charge in [-0.25, -0.2) is 0 Å². The van der Waals surface area contributed by atoms with Crippen LogP contribution in [0.1, 0.15) is 36.5 Å². The molecule has 100 valence electrons. The van der Waals surface area contributed by atoms with Gasteiger partial charge in [-0.3, -0.25) is 9.48 Å². The second-order valence-corrected chi connectivity index (χ2v) is 5.04. The van der Waals surface area contributed by atoms with Gasteiger partial charge in [-0.1, -0.05) is 6.92 Å². The third kappa shape index (κ3) is 2.41. The molecule has 1 N–H and O–H groups in total. The van der Waals surface area contributed by atoms with Crippen LogP contribution in [0.15, 0.2) is 6.07 Å². The summed E-state index contributed by atoms with van der Waals surface area (Å²) in [7, 11) is 1.80. The van der Waals surface area contributed by atoms with Crippen LogP contribution in [0.4, 0.5) is 0 Å². The van der Waals surface area contributed by atoms with E-state index in [1.54, 1.807) is 18.7 Å². The first-order valence-corrected chi connectivity index (χ1v) is 6.53. The quantitative estimate of drug-likeness (QED) is 0.865. The Labute approximate surface area is 107 Å². The Bertz CT molecular complexity index is 439. The van der Waals surface area contributed by atoms with E-state index in [0.717, 1.165) is 25.1 Å². The Hall–Kier alpha value is -1.36. The van der Waals surface area contributed by atoms with Crippen molar-refractivity contribution in [2.24, 2.45) is 13.0 Å². The second kappa shape index (κ2) is 5.10. The SMILES string of the molecule is CCc1cc(C(=O)N2CCC(C(C)O)C2)n(C)n1. The van der Waals surface area contributed by atoms with Crippen LogP contribution in [-0.2, 0) is 13.5 Å². The maximum Gasteiger partial charge on any atom is 0.272 e. The van der Waals surface area contributed by atoms with Crippen molar-refractivity contribution in [1.29, 1.82) is 0 Å². The van der Waals surface area contributed by atoms with E-state index in [-0.39, 0.29) is 17.9 Å². The number of amides is 1. The highest BCUT2D eigenvalue weighted by Crippen LogP contribution is 2.21. The van der Waals surface area contributed by atoms with Crippen LogP contribution in [0.25, 0.3) is 0 Å². The fraction of sp³-hybridized carbons (Fsp3) is 0.692. The Morgan fingerprint density at radius 3 is 2.89 bits per heavy atom. The lowest BCUT2D eigenvalue weighted by Crippen LogP contribution is -2.31. The molecule has 1 amide bonds. The molecule has 0 aliphatic carbocycles. The zero-order valence-corrected chi connectivity index (χ0v) is 11.3. The summed E-state index contributed by atoms with van der Waals surface area (Å²) in [6, 6.07) is 1.86. The molecule has 1 aliphatic rings. The zero-order valence-electron chi connectivity index (χ0n) is 11.3. The zero-order chi connectivity index (χ0) is 13.3. The number of hydrogen-bond acceptors (Lipinski definition) is 3. The minimum Gasteiger partial charge on any atom is -0.393 e. The molecule has 2 rings (SSSR count). The maximum absolute atomic E-state index is 12.3. The van der Waals surface area contributed by atoms with Gasteiger partial charge < -0.3 is 10.0 Å². The molecule has 1 aliphatic heterocycles. The molecule has 0 spiro atoms. The van der Waals surface area contributed by atoms with E-state index in [9.17, 15) is 9.90 Å². The van der Waals surface area contributed by atoms with Crippen molar-refractivity contribution in [2.45, 2.75) is 32.8 Å². The number of aliphatic hydroxyl groups excluding tert-OH is 1. The van der Waals surface area contributed by atoms with Gasteiger partial charge in [0.1, 0.15) is 5.69 Å². The summed E-state index contributed by atoms with van der Waals surface area (Å²) in [6.45, 7) is 5.18. The number of nitrogens with zero attached hydrogens (tertiary/aromatic N) is 3. The lowest BCUT2D eigenvalue weighted by Gasteiger charge is -2.17. The Balaban J connectivity index is 2.10. The van der Waals surface area contributed by atoms with E-state index in [2.05, 4.69) is 5.10 Å². The van der Waals surface area contributed by atoms with Gasteiger partial charge in [-0.2, -0.15) is 5.10 Å². The van der Waals surface area contributed by atoms with Crippen LogP contribution in [0.2, 0.25) is 0 Å². The summed E-state index contributed by atoms with van der Waals surface area (Å²) in [5.41, 5.74) is 1.57. The standard InChI is InChI=1S/C13H21N3O2/c1-4-11-7-12(15(3)14-11)13(18)16-6-5-10(8-16)9(2)17/h7,9-10,17H,4-6,8H2,1-3H3. The van der Waals surface area contributed by atoms with Crippen molar-refractivity contribution in [3.05, 3.63) is 17.5 Å². The Kier molecular flexibility index (Phi) is 3.71. The van der Waals surface area contributed by atoms with Crippen LogP contribution in [0.3, 0.4) is 0 Å². The predicted molar refractivity (Wildman–Crippen MR) is 68.3 cm³/mol. The van der Waals surface area contributed by atoms with E-state index in [1.165, 1.54) is 0 Å². The summed E-state index contributed by atoms with van der Waals surface area (Å²) in [6.07, 6.45) is 1.36. The molecule has 0 aromatic carbocycles. The second-order valence-electron chi connectivity index (χ2n) is 5.04. The molecule has 5 nitrogen and oxygen atoms in total. The van der Waals surface area contributed by atoms with Gasteiger partial charge in [0.15, 0.2) is 0 Å². The molecule has 1 aromatic rings. The van der Waals surface area contributed by atoms with Gasteiger partial charge in [0.05, 0.1) is 11.8 Å². The van der Waals surface area contributed by atoms with Gasteiger partial charge in [-0.15, -0.1) is 0 Å². The first-order chi connectivity index (χ1) is 8.52. The number of aryl methyl sites for hydroxylation is 2. The van der Waals surface area contributed by atoms with Crippen LogP contribution in [-0.4, -0.2) is 44.9 Å². The molecule has 2 atom stereocenters. The van der Waals surface area contributed by atoms with E-state index in [4.69, 9.17) is 0 Å². The molecule has 5 heteroatoms. The van der Waals surface area contributed by atoms with Crippen molar-refractivity contribution >= 4 is 5.91 Å². The fourth-order valence-electron chi connectivity index (χ4n) is 2.43. The van der Waals surface area contributed by atoms with E-state index in [1.807, 2.05) is 17.9 Å². The normalized spacial score (nSPS) is 21.3. The third-order valence-electron chi connectivity index (χ3n) is 3.71. The topological polar surface area (TPSA) is 58.4 Å². The van der Waals surface area contributed by atoms with E-state index < -0.39 is 0 Å². The highest BCUT2D eigenvalue weighted by atomic mass is 16.3. The molecule has 1 fully saturated rings. The van der Waals surface area contributed by atoms with Crippen molar-refractivity contribution in [3.63, 3.8) is 0 Å². The largest absolute Gasteiger partial charge is 0.393 e. The molecule has 1 saturated heterocycles. The Morgan fingerprint density at radius 1 is 1.67 bits per heavy atom. The lowest BCUT2D eigenvalue weighted by atomic mass is 10.0. The van der Waals surface area contributed by atoms with Crippen molar-refractivity contribution in [3.8, 4) is 0 Å².